The average Bonchev–Trinajstić information content (AvgIpc) is 2.81. The van der Waals surface area contributed by atoms with Gasteiger partial charge in [-0.2, -0.15) is 9.40 Å². The maximum absolute atomic E-state index is 12.9. The molecule has 2 aromatic heterocycles. The van der Waals surface area contributed by atoms with Crippen molar-refractivity contribution in [2.45, 2.75) is 25.2 Å². The Morgan fingerprint density at radius 1 is 1.12 bits per heavy atom. The second kappa shape index (κ2) is 6.89. The molecule has 0 atom stereocenters. The summed E-state index contributed by atoms with van der Waals surface area (Å²) in [5.74, 6) is -0.157. The lowest BCUT2D eigenvalue weighted by atomic mass is 10.3. The Bertz CT molecular complexity index is 845. The van der Waals surface area contributed by atoms with Crippen LogP contribution in [0.25, 0.3) is 0 Å². The van der Waals surface area contributed by atoms with Gasteiger partial charge >= 0.3 is 0 Å². The van der Waals surface area contributed by atoms with E-state index >= 15 is 0 Å². The minimum absolute atomic E-state index is 0.125. The van der Waals surface area contributed by atoms with E-state index in [0.717, 1.165) is 0 Å². The maximum atomic E-state index is 12.9. The summed E-state index contributed by atoms with van der Waals surface area (Å²) in [5, 5.41) is 6.68. The molecule has 3 heterocycles. The Hall–Kier alpha value is -2.33. The molecule has 134 valence electrons. The molecule has 1 aliphatic rings. The number of rotatable bonds is 3. The number of nitrogens with one attached hydrogen (secondary N) is 1. The number of H-pyrrole nitrogens is 1. The number of amides is 1. The second-order valence-electron chi connectivity index (χ2n) is 5.89. The van der Waals surface area contributed by atoms with E-state index in [1.54, 1.807) is 24.8 Å². The van der Waals surface area contributed by atoms with Gasteiger partial charge in [0.2, 0.25) is 15.8 Å². The van der Waals surface area contributed by atoms with Gasteiger partial charge in [0.05, 0.1) is 11.4 Å². The van der Waals surface area contributed by atoms with Crippen molar-refractivity contribution >= 4 is 15.9 Å². The van der Waals surface area contributed by atoms with Crippen LogP contribution in [-0.4, -0.2) is 69.9 Å². The minimum atomic E-state index is -3.65. The highest BCUT2D eigenvalue weighted by Gasteiger charge is 2.32. The number of hydrogen-bond acceptors (Lipinski definition) is 6. The summed E-state index contributed by atoms with van der Waals surface area (Å²) in [6.45, 7) is 4.69. The van der Waals surface area contributed by atoms with Crippen molar-refractivity contribution in [1.82, 2.24) is 29.4 Å². The highest BCUT2D eigenvalue weighted by Crippen LogP contribution is 2.22. The van der Waals surface area contributed by atoms with Crippen molar-refractivity contribution in [3.63, 3.8) is 0 Å². The lowest BCUT2D eigenvalue weighted by Gasteiger charge is -2.21. The van der Waals surface area contributed by atoms with Gasteiger partial charge in [-0.1, -0.05) is 0 Å². The zero-order valence-electron chi connectivity index (χ0n) is 14.1. The number of aryl methyl sites for hydroxylation is 2. The molecule has 1 aliphatic heterocycles. The molecule has 0 saturated carbocycles. The molecule has 1 saturated heterocycles. The summed E-state index contributed by atoms with van der Waals surface area (Å²) in [4.78, 5) is 22.2. The fraction of sp³-hybridized carbons (Fsp3) is 0.467. The largest absolute Gasteiger partial charge is 0.335 e. The van der Waals surface area contributed by atoms with Gasteiger partial charge < -0.3 is 4.90 Å². The molecule has 0 bridgehead atoms. The van der Waals surface area contributed by atoms with Crippen LogP contribution in [0.1, 0.15) is 28.4 Å². The van der Waals surface area contributed by atoms with Gasteiger partial charge in [-0.05, 0) is 26.3 Å². The first kappa shape index (κ1) is 17.5. The van der Waals surface area contributed by atoms with Gasteiger partial charge in [0.1, 0.15) is 4.90 Å². The number of aromatic amines is 1. The molecule has 0 aromatic carbocycles. The molecule has 10 heteroatoms. The van der Waals surface area contributed by atoms with E-state index in [2.05, 4.69) is 20.2 Å². The third-order valence-corrected chi connectivity index (χ3v) is 6.32. The molecular formula is C15H20N6O3S. The van der Waals surface area contributed by atoms with Crippen LogP contribution in [0, 0.1) is 13.8 Å². The summed E-state index contributed by atoms with van der Waals surface area (Å²) in [7, 11) is -3.65. The fourth-order valence-electron chi connectivity index (χ4n) is 2.94. The molecule has 1 fully saturated rings. The van der Waals surface area contributed by atoms with E-state index in [1.165, 1.54) is 16.7 Å². The van der Waals surface area contributed by atoms with Gasteiger partial charge in [0.15, 0.2) is 0 Å². The Kier molecular flexibility index (Phi) is 4.82. The summed E-state index contributed by atoms with van der Waals surface area (Å²) in [5.41, 5.74) is 0.972. The lowest BCUT2D eigenvalue weighted by molar-refractivity contribution is 0.0752. The smallest absolute Gasteiger partial charge is 0.291 e. The van der Waals surface area contributed by atoms with Crippen LogP contribution < -0.4 is 0 Å². The molecular weight excluding hydrogens is 344 g/mol. The lowest BCUT2D eigenvalue weighted by Crippen LogP contribution is -2.38. The van der Waals surface area contributed by atoms with E-state index in [1.807, 2.05) is 0 Å². The van der Waals surface area contributed by atoms with Crippen molar-refractivity contribution in [2.75, 3.05) is 26.2 Å². The first-order valence-corrected chi connectivity index (χ1v) is 9.43. The molecule has 2 aromatic rings. The third kappa shape index (κ3) is 3.40. The Morgan fingerprint density at radius 2 is 1.84 bits per heavy atom. The molecule has 0 spiro atoms. The topological polar surface area (TPSA) is 112 Å². The van der Waals surface area contributed by atoms with Crippen LogP contribution in [0.15, 0.2) is 23.4 Å². The average molecular weight is 364 g/mol. The number of nitrogens with zero attached hydrogens (tertiary/aromatic N) is 5. The number of aromatic nitrogens is 4. The van der Waals surface area contributed by atoms with E-state index in [0.29, 0.717) is 37.4 Å². The first-order chi connectivity index (χ1) is 11.9. The molecule has 0 aliphatic carbocycles. The van der Waals surface area contributed by atoms with Gasteiger partial charge in [0.25, 0.3) is 5.91 Å². The zero-order valence-corrected chi connectivity index (χ0v) is 15.0. The maximum Gasteiger partial charge on any atom is 0.291 e. The Labute approximate surface area is 146 Å². The van der Waals surface area contributed by atoms with E-state index in [4.69, 9.17) is 0 Å². The summed E-state index contributed by atoms with van der Waals surface area (Å²) < 4.78 is 27.3. The Balaban J connectivity index is 1.77. The molecule has 0 unspecified atom stereocenters. The summed E-state index contributed by atoms with van der Waals surface area (Å²) in [6, 6.07) is 1.64. The van der Waals surface area contributed by atoms with Gasteiger partial charge in [-0.15, -0.1) is 0 Å². The number of carbonyl (C=O) groups excluding carboxylic acids is 1. The predicted octanol–water partition coefficient (Wildman–Crippen LogP) is 0.353. The van der Waals surface area contributed by atoms with Crippen molar-refractivity contribution in [3.05, 3.63) is 35.7 Å². The first-order valence-electron chi connectivity index (χ1n) is 7.99. The van der Waals surface area contributed by atoms with E-state index in [9.17, 15) is 13.2 Å². The Morgan fingerprint density at radius 3 is 2.48 bits per heavy atom. The van der Waals surface area contributed by atoms with Crippen LogP contribution in [0.4, 0.5) is 0 Å². The second-order valence-corrected chi connectivity index (χ2v) is 7.76. The molecule has 3 rings (SSSR count). The van der Waals surface area contributed by atoms with E-state index in [-0.39, 0.29) is 23.2 Å². The molecule has 9 nitrogen and oxygen atoms in total. The minimum Gasteiger partial charge on any atom is -0.335 e. The van der Waals surface area contributed by atoms with Crippen LogP contribution in [-0.2, 0) is 10.0 Å². The predicted molar refractivity (Wildman–Crippen MR) is 89.4 cm³/mol. The fourth-order valence-corrected chi connectivity index (χ4v) is 4.74. The van der Waals surface area contributed by atoms with Crippen molar-refractivity contribution < 1.29 is 13.2 Å². The van der Waals surface area contributed by atoms with Gasteiger partial charge in [-0.3, -0.25) is 9.89 Å². The highest BCUT2D eigenvalue weighted by molar-refractivity contribution is 7.89. The van der Waals surface area contributed by atoms with Crippen LogP contribution in [0.3, 0.4) is 0 Å². The molecule has 1 amide bonds. The van der Waals surface area contributed by atoms with Crippen molar-refractivity contribution in [2.24, 2.45) is 0 Å². The van der Waals surface area contributed by atoms with Crippen LogP contribution in [0.5, 0.6) is 0 Å². The quantitative estimate of drug-likeness (QED) is 0.841. The number of carbonyl (C=O) groups is 1. The van der Waals surface area contributed by atoms with E-state index < -0.39 is 10.0 Å². The third-order valence-electron chi connectivity index (χ3n) is 4.16. The van der Waals surface area contributed by atoms with Crippen LogP contribution >= 0.6 is 0 Å². The molecule has 0 radical (unpaired) electrons. The van der Waals surface area contributed by atoms with Crippen LogP contribution in [0.2, 0.25) is 0 Å². The zero-order chi connectivity index (χ0) is 18.0. The number of hydrogen-bond donors (Lipinski definition) is 1. The van der Waals surface area contributed by atoms with Crippen molar-refractivity contribution in [1.29, 1.82) is 0 Å². The summed E-state index contributed by atoms with van der Waals surface area (Å²) >= 11 is 0. The number of sulfonamides is 1. The van der Waals surface area contributed by atoms with Crippen molar-refractivity contribution in [3.8, 4) is 0 Å². The molecule has 1 N–H and O–H groups in total. The normalized spacial score (nSPS) is 16.6. The standard InChI is InChI=1S/C15H20N6O3S/c1-11-13(12(2)19-18-11)25(23,24)21-8-4-7-20(9-10-21)15(22)14-16-5-3-6-17-14/h3,5-6H,4,7-10H2,1-2H3,(H,18,19). The molecule has 25 heavy (non-hydrogen) atoms. The summed E-state index contributed by atoms with van der Waals surface area (Å²) in [6.07, 6.45) is 3.58. The SMILES string of the molecule is Cc1n[nH]c(C)c1S(=O)(=O)N1CCCN(C(=O)c2ncccn2)CC1. The highest BCUT2D eigenvalue weighted by atomic mass is 32.2. The van der Waals surface area contributed by atoms with Gasteiger partial charge in [-0.25, -0.2) is 18.4 Å². The van der Waals surface area contributed by atoms with Gasteiger partial charge in [0, 0.05) is 38.6 Å². The monoisotopic (exact) mass is 364 g/mol.